The minimum Gasteiger partial charge on any atom is -0.488 e. The molecular formula is C9H12BrNO. The van der Waals surface area contributed by atoms with Gasteiger partial charge in [0.05, 0.1) is 6.10 Å². The van der Waals surface area contributed by atoms with Crippen LogP contribution in [0.3, 0.4) is 0 Å². The molecule has 0 aliphatic carbocycles. The molecule has 0 spiro atoms. The van der Waals surface area contributed by atoms with Gasteiger partial charge in [0.25, 0.3) is 0 Å². The third kappa shape index (κ3) is 2.48. The lowest BCUT2D eigenvalue weighted by Crippen LogP contribution is -2.06. The zero-order valence-electron chi connectivity index (χ0n) is 7.47. The Bertz CT molecular complexity index is 273. The van der Waals surface area contributed by atoms with Gasteiger partial charge in [0.1, 0.15) is 4.60 Å². The molecule has 66 valence electrons. The van der Waals surface area contributed by atoms with Crippen molar-refractivity contribution in [1.29, 1.82) is 0 Å². The Labute approximate surface area is 81.1 Å². The maximum Gasteiger partial charge on any atom is 0.152 e. The highest BCUT2D eigenvalue weighted by molar-refractivity contribution is 9.10. The van der Waals surface area contributed by atoms with Crippen LogP contribution in [-0.2, 0) is 0 Å². The Morgan fingerprint density at radius 3 is 2.58 bits per heavy atom. The van der Waals surface area contributed by atoms with E-state index in [9.17, 15) is 0 Å². The summed E-state index contributed by atoms with van der Waals surface area (Å²) < 4.78 is 6.26. The number of halogens is 1. The van der Waals surface area contributed by atoms with Crippen molar-refractivity contribution in [2.24, 2.45) is 0 Å². The van der Waals surface area contributed by atoms with Crippen LogP contribution in [0.5, 0.6) is 5.75 Å². The first-order valence-electron chi connectivity index (χ1n) is 3.89. The second kappa shape index (κ2) is 3.90. The highest BCUT2D eigenvalue weighted by Crippen LogP contribution is 2.23. The number of ether oxygens (including phenoxy) is 1. The summed E-state index contributed by atoms with van der Waals surface area (Å²) in [6.45, 7) is 5.93. The minimum atomic E-state index is 0.186. The number of rotatable bonds is 2. The standard InChI is InChI=1S/C9H12BrNO/c1-6(2)12-8-5-4-7(3)11-9(8)10/h4-6H,1-3H3. The molecule has 0 radical (unpaired) electrons. The first-order valence-corrected chi connectivity index (χ1v) is 4.68. The molecule has 0 fully saturated rings. The first kappa shape index (κ1) is 9.52. The highest BCUT2D eigenvalue weighted by atomic mass is 79.9. The van der Waals surface area contributed by atoms with Crippen LogP contribution in [0, 0.1) is 6.92 Å². The molecule has 12 heavy (non-hydrogen) atoms. The maximum absolute atomic E-state index is 5.49. The van der Waals surface area contributed by atoms with Crippen molar-refractivity contribution >= 4 is 15.9 Å². The Balaban J connectivity index is 2.86. The quantitative estimate of drug-likeness (QED) is 0.728. The fourth-order valence-corrected chi connectivity index (χ4v) is 1.36. The van der Waals surface area contributed by atoms with Crippen LogP contribution in [0.2, 0.25) is 0 Å². The van der Waals surface area contributed by atoms with Crippen LogP contribution < -0.4 is 4.74 Å². The Hall–Kier alpha value is -0.570. The van der Waals surface area contributed by atoms with Crippen molar-refractivity contribution in [3.05, 3.63) is 22.4 Å². The maximum atomic E-state index is 5.49. The van der Waals surface area contributed by atoms with E-state index in [1.54, 1.807) is 0 Å². The number of hydrogen-bond acceptors (Lipinski definition) is 2. The second-order valence-electron chi connectivity index (χ2n) is 2.91. The van der Waals surface area contributed by atoms with E-state index in [0.717, 1.165) is 16.0 Å². The van der Waals surface area contributed by atoms with Crippen LogP contribution in [-0.4, -0.2) is 11.1 Å². The SMILES string of the molecule is Cc1ccc(OC(C)C)c(Br)n1. The number of hydrogen-bond donors (Lipinski definition) is 0. The van der Waals surface area contributed by atoms with Gasteiger partial charge >= 0.3 is 0 Å². The van der Waals surface area contributed by atoms with Crippen molar-refractivity contribution in [3.8, 4) is 5.75 Å². The topological polar surface area (TPSA) is 22.1 Å². The number of aromatic nitrogens is 1. The molecule has 1 heterocycles. The molecule has 0 aliphatic rings. The predicted molar refractivity (Wildman–Crippen MR) is 52.4 cm³/mol. The third-order valence-electron chi connectivity index (χ3n) is 1.32. The molecule has 1 aromatic rings. The van der Waals surface area contributed by atoms with Gasteiger partial charge in [0.2, 0.25) is 0 Å². The molecule has 0 aromatic carbocycles. The van der Waals surface area contributed by atoms with E-state index in [1.807, 2.05) is 32.9 Å². The fourth-order valence-electron chi connectivity index (χ4n) is 0.854. The zero-order valence-corrected chi connectivity index (χ0v) is 9.05. The lowest BCUT2D eigenvalue weighted by Gasteiger charge is -2.10. The van der Waals surface area contributed by atoms with Gasteiger partial charge < -0.3 is 4.74 Å². The molecule has 0 N–H and O–H groups in total. The molecular weight excluding hydrogens is 218 g/mol. The second-order valence-corrected chi connectivity index (χ2v) is 3.66. The minimum absolute atomic E-state index is 0.186. The molecule has 0 amide bonds. The largest absolute Gasteiger partial charge is 0.488 e. The lowest BCUT2D eigenvalue weighted by molar-refractivity contribution is 0.239. The smallest absolute Gasteiger partial charge is 0.152 e. The normalized spacial score (nSPS) is 10.4. The molecule has 0 unspecified atom stereocenters. The molecule has 0 saturated heterocycles. The zero-order chi connectivity index (χ0) is 9.14. The van der Waals surface area contributed by atoms with Gasteiger partial charge in [-0.1, -0.05) is 0 Å². The molecule has 0 saturated carbocycles. The van der Waals surface area contributed by atoms with Gasteiger partial charge in [0, 0.05) is 5.69 Å². The Morgan fingerprint density at radius 2 is 2.08 bits per heavy atom. The average Bonchev–Trinajstić information content (AvgIpc) is 1.94. The molecule has 0 atom stereocenters. The summed E-state index contributed by atoms with van der Waals surface area (Å²) in [5.74, 6) is 0.801. The van der Waals surface area contributed by atoms with Crippen LogP contribution in [0.25, 0.3) is 0 Å². The van der Waals surface area contributed by atoms with E-state index in [2.05, 4.69) is 20.9 Å². The van der Waals surface area contributed by atoms with Crippen molar-refractivity contribution < 1.29 is 4.74 Å². The summed E-state index contributed by atoms with van der Waals surface area (Å²) in [7, 11) is 0. The Morgan fingerprint density at radius 1 is 1.42 bits per heavy atom. The van der Waals surface area contributed by atoms with Crippen molar-refractivity contribution in [1.82, 2.24) is 4.98 Å². The van der Waals surface area contributed by atoms with E-state index in [1.165, 1.54) is 0 Å². The summed E-state index contributed by atoms with van der Waals surface area (Å²) in [4.78, 5) is 4.22. The Kier molecular flexibility index (Phi) is 3.09. The van der Waals surface area contributed by atoms with Gasteiger partial charge in [-0.3, -0.25) is 0 Å². The molecule has 0 bridgehead atoms. The monoisotopic (exact) mass is 229 g/mol. The average molecular weight is 230 g/mol. The van der Waals surface area contributed by atoms with Crippen LogP contribution >= 0.6 is 15.9 Å². The number of pyridine rings is 1. The van der Waals surface area contributed by atoms with Crippen LogP contribution in [0.1, 0.15) is 19.5 Å². The van der Waals surface area contributed by atoms with Gasteiger partial charge in [-0.2, -0.15) is 0 Å². The molecule has 1 aromatic heterocycles. The van der Waals surface area contributed by atoms with Crippen molar-refractivity contribution in [2.75, 3.05) is 0 Å². The molecule has 2 nitrogen and oxygen atoms in total. The van der Waals surface area contributed by atoms with E-state index >= 15 is 0 Å². The number of aryl methyl sites for hydroxylation is 1. The van der Waals surface area contributed by atoms with E-state index in [0.29, 0.717) is 0 Å². The van der Waals surface area contributed by atoms with E-state index in [-0.39, 0.29) is 6.10 Å². The van der Waals surface area contributed by atoms with Gasteiger partial charge in [0.15, 0.2) is 5.75 Å². The van der Waals surface area contributed by atoms with Gasteiger partial charge in [-0.15, -0.1) is 0 Å². The summed E-state index contributed by atoms with van der Waals surface area (Å²) in [6, 6.07) is 3.86. The molecule has 3 heteroatoms. The fraction of sp³-hybridized carbons (Fsp3) is 0.444. The summed E-state index contributed by atoms with van der Waals surface area (Å²) in [5, 5.41) is 0. The first-order chi connectivity index (χ1) is 5.59. The lowest BCUT2D eigenvalue weighted by atomic mass is 10.3. The highest BCUT2D eigenvalue weighted by Gasteiger charge is 2.03. The van der Waals surface area contributed by atoms with Gasteiger partial charge in [-0.25, -0.2) is 4.98 Å². The van der Waals surface area contributed by atoms with Crippen molar-refractivity contribution in [2.45, 2.75) is 26.9 Å². The van der Waals surface area contributed by atoms with Gasteiger partial charge in [-0.05, 0) is 48.8 Å². The van der Waals surface area contributed by atoms with E-state index < -0.39 is 0 Å². The number of nitrogens with zero attached hydrogens (tertiary/aromatic N) is 1. The summed E-state index contributed by atoms with van der Waals surface area (Å²) >= 11 is 3.34. The summed E-state index contributed by atoms with van der Waals surface area (Å²) in [5.41, 5.74) is 0.984. The van der Waals surface area contributed by atoms with Crippen LogP contribution in [0.4, 0.5) is 0 Å². The molecule has 0 aliphatic heterocycles. The predicted octanol–water partition coefficient (Wildman–Crippen LogP) is 2.94. The van der Waals surface area contributed by atoms with Crippen molar-refractivity contribution in [3.63, 3.8) is 0 Å². The summed E-state index contributed by atoms with van der Waals surface area (Å²) in [6.07, 6.45) is 0.186. The van der Waals surface area contributed by atoms with Crippen LogP contribution in [0.15, 0.2) is 16.7 Å². The van der Waals surface area contributed by atoms with E-state index in [4.69, 9.17) is 4.74 Å². The third-order valence-corrected chi connectivity index (χ3v) is 1.88. The molecule has 1 rings (SSSR count).